The summed E-state index contributed by atoms with van der Waals surface area (Å²) in [5, 5.41) is 0. The van der Waals surface area contributed by atoms with Gasteiger partial charge in [-0.2, -0.15) is 0 Å². The molecule has 3 atom stereocenters. The summed E-state index contributed by atoms with van der Waals surface area (Å²) in [6.45, 7) is 3.49. The number of nitrogens with zero attached hydrogens (tertiary/aromatic N) is 1. The van der Waals surface area contributed by atoms with E-state index in [2.05, 4.69) is 49.8 Å². The number of benzene rings is 4. The minimum Gasteiger partial charge on any atom is -0.288 e. The van der Waals surface area contributed by atoms with Crippen molar-refractivity contribution in [2.45, 2.75) is 36.4 Å². The SMILES string of the molecule is Cc1ccc(S(=O)(=O)N[C@@H](c2cccc(Br)c2)[C@@]2(Cc3ccccc3)CN2Cc2ccccc2)cc1. The predicted octanol–water partition coefficient (Wildman–Crippen LogP) is 6.27. The summed E-state index contributed by atoms with van der Waals surface area (Å²) in [4.78, 5) is 2.66. The van der Waals surface area contributed by atoms with Crippen LogP contribution in [0.4, 0.5) is 0 Å². The molecule has 1 heterocycles. The lowest BCUT2D eigenvalue weighted by Gasteiger charge is -2.30. The second-order valence-electron chi connectivity index (χ2n) is 9.53. The third-order valence-electron chi connectivity index (χ3n) is 6.88. The fraction of sp³-hybridized carbons (Fsp3) is 0.200. The van der Waals surface area contributed by atoms with Gasteiger partial charge in [0.25, 0.3) is 0 Å². The number of nitrogens with one attached hydrogen (secondary N) is 1. The lowest BCUT2D eigenvalue weighted by molar-refractivity contribution is 0.329. The summed E-state index contributed by atoms with van der Waals surface area (Å²) < 4.78 is 31.4. The van der Waals surface area contributed by atoms with E-state index in [1.807, 2.05) is 79.7 Å². The highest BCUT2D eigenvalue weighted by molar-refractivity contribution is 9.10. The van der Waals surface area contributed by atoms with Crippen LogP contribution in [0.5, 0.6) is 0 Å². The van der Waals surface area contributed by atoms with Crippen LogP contribution >= 0.6 is 15.9 Å². The van der Waals surface area contributed by atoms with Crippen LogP contribution in [-0.2, 0) is 23.0 Å². The first kappa shape index (κ1) is 24.9. The maximum Gasteiger partial charge on any atom is 0.241 e. The molecule has 0 aromatic heterocycles. The summed E-state index contributed by atoms with van der Waals surface area (Å²) in [6.07, 6.45) is 0.730. The van der Waals surface area contributed by atoms with Crippen molar-refractivity contribution in [2.24, 2.45) is 0 Å². The average Bonchev–Trinajstić information content (AvgIpc) is 3.56. The molecule has 0 saturated carbocycles. The van der Waals surface area contributed by atoms with Crippen molar-refractivity contribution in [3.05, 3.63) is 136 Å². The van der Waals surface area contributed by atoms with Gasteiger partial charge in [-0.3, -0.25) is 4.90 Å². The van der Waals surface area contributed by atoms with Crippen LogP contribution in [0, 0.1) is 6.92 Å². The molecule has 1 saturated heterocycles. The van der Waals surface area contributed by atoms with Gasteiger partial charge >= 0.3 is 0 Å². The molecular weight excluding hydrogens is 532 g/mol. The maximum atomic E-state index is 13.7. The van der Waals surface area contributed by atoms with Gasteiger partial charge in [0.2, 0.25) is 10.0 Å². The van der Waals surface area contributed by atoms with E-state index >= 15 is 0 Å². The third-order valence-corrected chi connectivity index (χ3v) is 8.82. The van der Waals surface area contributed by atoms with Gasteiger partial charge in [0.05, 0.1) is 16.5 Å². The van der Waals surface area contributed by atoms with E-state index in [-0.39, 0.29) is 4.90 Å². The maximum absolute atomic E-state index is 13.7. The molecule has 1 aliphatic rings. The van der Waals surface area contributed by atoms with Gasteiger partial charge in [0.15, 0.2) is 0 Å². The molecule has 0 radical (unpaired) electrons. The summed E-state index contributed by atoms with van der Waals surface area (Å²) in [5.74, 6) is 0. The zero-order chi connectivity index (χ0) is 25.2. The first-order valence-corrected chi connectivity index (χ1v) is 14.3. The molecule has 1 fully saturated rings. The van der Waals surface area contributed by atoms with Gasteiger partial charge in [0, 0.05) is 17.6 Å². The van der Waals surface area contributed by atoms with E-state index in [9.17, 15) is 8.42 Å². The lowest BCUT2D eigenvalue weighted by atomic mass is 9.87. The van der Waals surface area contributed by atoms with Crippen molar-refractivity contribution >= 4 is 26.0 Å². The van der Waals surface area contributed by atoms with Gasteiger partial charge in [0.1, 0.15) is 0 Å². The number of aryl methyl sites for hydroxylation is 1. The van der Waals surface area contributed by atoms with Crippen LogP contribution in [-0.4, -0.2) is 25.4 Å². The highest BCUT2D eigenvalue weighted by Crippen LogP contribution is 2.48. The summed E-state index contributed by atoms with van der Waals surface area (Å²) >= 11 is 3.60. The van der Waals surface area contributed by atoms with Crippen LogP contribution in [0.2, 0.25) is 0 Å². The summed E-state index contributed by atoms with van der Waals surface area (Å²) in [5.41, 5.74) is 3.95. The Morgan fingerprint density at radius 1 is 0.861 bits per heavy atom. The molecular formula is C30H29BrN2O2S. The van der Waals surface area contributed by atoms with Crippen LogP contribution in [0.15, 0.2) is 119 Å². The predicted molar refractivity (Wildman–Crippen MR) is 148 cm³/mol. The van der Waals surface area contributed by atoms with E-state index < -0.39 is 21.6 Å². The van der Waals surface area contributed by atoms with E-state index in [0.29, 0.717) is 0 Å². The molecule has 0 amide bonds. The Kier molecular flexibility index (Phi) is 7.13. The van der Waals surface area contributed by atoms with Crippen LogP contribution in [0.1, 0.15) is 28.3 Å². The molecule has 4 nitrogen and oxygen atoms in total. The Morgan fingerprint density at radius 3 is 2.14 bits per heavy atom. The molecule has 1 aliphatic heterocycles. The second kappa shape index (κ2) is 10.3. The third kappa shape index (κ3) is 5.47. The molecule has 36 heavy (non-hydrogen) atoms. The first-order chi connectivity index (χ1) is 17.4. The molecule has 5 rings (SSSR count). The van der Waals surface area contributed by atoms with Crippen molar-refractivity contribution in [3.8, 4) is 0 Å². The fourth-order valence-electron chi connectivity index (χ4n) is 4.92. The zero-order valence-electron chi connectivity index (χ0n) is 20.1. The monoisotopic (exact) mass is 560 g/mol. The van der Waals surface area contributed by atoms with Gasteiger partial charge in [-0.1, -0.05) is 106 Å². The molecule has 6 heteroatoms. The van der Waals surface area contributed by atoms with Crippen molar-refractivity contribution < 1.29 is 8.42 Å². The second-order valence-corrected chi connectivity index (χ2v) is 12.2. The number of halogens is 1. The summed E-state index contributed by atoms with van der Waals surface area (Å²) in [6, 6.07) is 35.2. The van der Waals surface area contributed by atoms with E-state index in [0.717, 1.165) is 35.1 Å². The molecule has 1 N–H and O–H groups in total. The molecule has 1 unspecified atom stereocenters. The quantitative estimate of drug-likeness (QED) is 0.245. The normalized spacial score (nSPS) is 20.1. The van der Waals surface area contributed by atoms with Crippen LogP contribution in [0.25, 0.3) is 0 Å². The highest BCUT2D eigenvalue weighted by Gasteiger charge is 2.58. The number of sulfonamides is 1. The Morgan fingerprint density at radius 2 is 1.50 bits per heavy atom. The number of hydrogen-bond donors (Lipinski definition) is 1. The Labute approximate surface area is 222 Å². The van der Waals surface area contributed by atoms with Crippen molar-refractivity contribution in [1.82, 2.24) is 9.62 Å². The van der Waals surface area contributed by atoms with Crippen LogP contribution in [0.3, 0.4) is 0 Å². The number of hydrogen-bond acceptors (Lipinski definition) is 3. The molecule has 4 aromatic rings. The zero-order valence-corrected chi connectivity index (χ0v) is 22.5. The molecule has 184 valence electrons. The van der Waals surface area contributed by atoms with Crippen molar-refractivity contribution in [1.29, 1.82) is 0 Å². The Bertz CT molecular complexity index is 1430. The van der Waals surface area contributed by atoms with Gasteiger partial charge in [-0.15, -0.1) is 0 Å². The minimum absolute atomic E-state index is 0.276. The topological polar surface area (TPSA) is 49.2 Å². The molecule has 0 bridgehead atoms. The van der Waals surface area contributed by atoms with Crippen molar-refractivity contribution in [2.75, 3.05) is 6.54 Å². The fourth-order valence-corrected chi connectivity index (χ4v) is 6.63. The highest BCUT2D eigenvalue weighted by atomic mass is 79.9. The largest absolute Gasteiger partial charge is 0.288 e. The summed E-state index contributed by atoms with van der Waals surface area (Å²) in [7, 11) is -3.76. The Hall–Kier alpha value is -2.77. The van der Waals surface area contributed by atoms with E-state index in [1.54, 1.807) is 12.1 Å². The Balaban J connectivity index is 1.57. The van der Waals surface area contributed by atoms with Crippen molar-refractivity contribution in [3.63, 3.8) is 0 Å². The van der Waals surface area contributed by atoms with Gasteiger partial charge < -0.3 is 0 Å². The smallest absolute Gasteiger partial charge is 0.241 e. The average molecular weight is 562 g/mol. The van der Waals surface area contributed by atoms with E-state index in [4.69, 9.17) is 0 Å². The number of rotatable bonds is 9. The molecule has 4 aromatic carbocycles. The standard InChI is InChI=1S/C30H29BrN2O2S/c1-23-15-17-28(18-16-23)36(34,35)32-29(26-13-8-14-27(31)19-26)30(20-24-9-4-2-5-10-24)22-33(30)21-25-11-6-3-7-12-25/h2-19,29,32H,20-22H2,1H3/t29-,30+,33?/m0/s1. The van der Waals surface area contributed by atoms with Crippen LogP contribution < -0.4 is 4.72 Å². The molecule has 0 aliphatic carbocycles. The first-order valence-electron chi connectivity index (χ1n) is 12.0. The minimum atomic E-state index is -3.76. The lowest BCUT2D eigenvalue weighted by Crippen LogP contribution is -2.42. The van der Waals surface area contributed by atoms with Gasteiger partial charge in [-0.25, -0.2) is 13.1 Å². The van der Waals surface area contributed by atoms with E-state index in [1.165, 1.54) is 11.1 Å². The molecule has 0 spiro atoms. The van der Waals surface area contributed by atoms with Gasteiger partial charge in [-0.05, 0) is 54.3 Å².